The number of rotatable bonds is 5. The van der Waals surface area contributed by atoms with Gasteiger partial charge in [-0.3, -0.25) is 0 Å². The molecule has 0 unspecified atom stereocenters. The Hall–Kier alpha value is -1.62. The Morgan fingerprint density at radius 3 is 2.95 bits per heavy atom. The second kappa shape index (κ2) is 7.24. The molecule has 2 rings (SSSR count). The molecule has 0 aliphatic carbocycles. The molecule has 0 aliphatic rings. The topological polar surface area (TPSA) is 64.1 Å². The van der Waals surface area contributed by atoms with E-state index in [1.165, 1.54) is 0 Å². The standard InChI is InChI=1S/C13H12ClN3O2Se/c1-2-19-13(18)10-4-3-7-15-12(10)20-17-11-6-5-9(14)8-16-11/h3-8H,2H2,1H3,(H,16,17). The zero-order valence-corrected chi connectivity index (χ0v) is 13.1. The molecule has 0 amide bonds. The zero-order valence-electron chi connectivity index (χ0n) is 10.7. The molecule has 0 aromatic carbocycles. The van der Waals surface area contributed by atoms with Crippen LogP contribution in [0, 0.1) is 0 Å². The van der Waals surface area contributed by atoms with Gasteiger partial charge in [-0.25, -0.2) is 0 Å². The summed E-state index contributed by atoms with van der Waals surface area (Å²) in [5.41, 5.74) is 0.482. The summed E-state index contributed by atoms with van der Waals surface area (Å²) in [4.78, 5) is 20.2. The molecule has 0 saturated carbocycles. The van der Waals surface area contributed by atoms with E-state index in [4.69, 9.17) is 16.3 Å². The number of pyridine rings is 2. The van der Waals surface area contributed by atoms with Crippen molar-refractivity contribution in [3.63, 3.8) is 0 Å². The van der Waals surface area contributed by atoms with Gasteiger partial charge in [0.15, 0.2) is 0 Å². The van der Waals surface area contributed by atoms with Crippen LogP contribution in [-0.2, 0) is 4.74 Å². The van der Waals surface area contributed by atoms with Crippen molar-refractivity contribution in [1.29, 1.82) is 0 Å². The van der Waals surface area contributed by atoms with Gasteiger partial charge in [0.05, 0.1) is 0 Å². The van der Waals surface area contributed by atoms with Crippen LogP contribution in [0.15, 0.2) is 36.7 Å². The molecule has 2 aromatic rings. The molecular formula is C13H12ClN3O2Se. The summed E-state index contributed by atoms with van der Waals surface area (Å²) >= 11 is 5.54. The van der Waals surface area contributed by atoms with Crippen LogP contribution in [0.25, 0.3) is 0 Å². The Labute approximate surface area is 128 Å². The van der Waals surface area contributed by atoms with Crippen molar-refractivity contribution in [3.05, 3.63) is 47.2 Å². The SMILES string of the molecule is CCOC(=O)c1cccnc1[Se]Nc1ccc(Cl)cn1. The van der Waals surface area contributed by atoms with E-state index in [9.17, 15) is 4.79 Å². The van der Waals surface area contributed by atoms with E-state index in [2.05, 4.69) is 14.3 Å². The van der Waals surface area contributed by atoms with Crippen molar-refractivity contribution >= 4 is 43.2 Å². The predicted molar refractivity (Wildman–Crippen MR) is 78.5 cm³/mol. The Balaban J connectivity index is 2.09. The van der Waals surface area contributed by atoms with Crippen LogP contribution in [-0.4, -0.2) is 37.7 Å². The first-order valence-corrected chi connectivity index (χ1v) is 7.96. The molecular weight excluding hydrogens is 345 g/mol. The Kier molecular flexibility index (Phi) is 5.35. The Bertz CT molecular complexity index is 592. The number of nitrogens with one attached hydrogen (secondary N) is 1. The number of carbonyl (C=O) groups excluding carboxylic acids is 1. The number of hydrogen-bond donors (Lipinski definition) is 1. The number of nitrogens with zero attached hydrogens (tertiary/aromatic N) is 2. The second-order valence-electron chi connectivity index (χ2n) is 3.64. The van der Waals surface area contributed by atoms with Gasteiger partial charge in [-0.2, -0.15) is 0 Å². The van der Waals surface area contributed by atoms with Crippen LogP contribution < -0.4 is 8.93 Å². The van der Waals surface area contributed by atoms with Crippen LogP contribution in [0.5, 0.6) is 0 Å². The fourth-order valence-corrected chi connectivity index (χ4v) is 2.95. The third kappa shape index (κ3) is 3.93. The summed E-state index contributed by atoms with van der Waals surface area (Å²) in [6.07, 6.45) is 3.21. The number of aromatic nitrogens is 2. The molecule has 104 valence electrons. The first kappa shape index (κ1) is 14.8. The van der Waals surface area contributed by atoms with Gasteiger partial charge in [-0.05, 0) is 0 Å². The van der Waals surface area contributed by atoms with Crippen molar-refractivity contribution in [2.45, 2.75) is 6.92 Å². The molecule has 0 bridgehead atoms. The molecule has 0 spiro atoms. The van der Waals surface area contributed by atoms with E-state index in [0.717, 1.165) is 0 Å². The van der Waals surface area contributed by atoms with Gasteiger partial charge in [0.25, 0.3) is 0 Å². The van der Waals surface area contributed by atoms with E-state index >= 15 is 0 Å². The summed E-state index contributed by atoms with van der Waals surface area (Å²) in [5.74, 6) is 0.332. The van der Waals surface area contributed by atoms with Crippen LogP contribution in [0.3, 0.4) is 0 Å². The van der Waals surface area contributed by atoms with Crippen molar-refractivity contribution in [2.24, 2.45) is 0 Å². The van der Waals surface area contributed by atoms with Gasteiger partial charge < -0.3 is 0 Å². The van der Waals surface area contributed by atoms with Crippen LogP contribution in [0.1, 0.15) is 17.3 Å². The maximum absolute atomic E-state index is 11.8. The molecule has 5 nitrogen and oxygen atoms in total. The molecule has 20 heavy (non-hydrogen) atoms. The normalized spacial score (nSPS) is 10.1. The Morgan fingerprint density at radius 2 is 2.25 bits per heavy atom. The number of ether oxygens (including phenoxy) is 1. The molecule has 0 fully saturated rings. The summed E-state index contributed by atoms with van der Waals surface area (Å²) in [6.45, 7) is 2.11. The van der Waals surface area contributed by atoms with Crippen molar-refractivity contribution < 1.29 is 9.53 Å². The molecule has 0 aliphatic heterocycles. The fourth-order valence-electron chi connectivity index (χ4n) is 1.37. The van der Waals surface area contributed by atoms with Crippen molar-refractivity contribution in [1.82, 2.24) is 9.97 Å². The van der Waals surface area contributed by atoms with Crippen LogP contribution in [0.2, 0.25) is 5.02 Å². The monoisotopic (exact) mass is 357 g/mol. The summed E-state index contributed by atoms with van der Waals surface area (Å²) in [6, 6.07) is 6.94. The minimum atomic E-state index is -0.358. The molecule has 2 aromatic heterocycles. The first-order chi connectivity index (χ1) is 9.70. The summed E-state index contributed by atoms with van der Waals surface area (Å²) < 4.78 is 8.83. The van der Waals surface area contributed by atoms with E-state index in [-0.39, 0.29) is 21.1 Å². The fraction of sp³-hybridized carbons (Fsp3) is 0.154. The van der Waals surface area contributed by atoms with Crippen LogP contribution >= 0.6 is 11.6 Å². The molecule has 0 radical (unpaired) electrons. The zero-order chi connectivity index (χ0) is 14.4. The average molecular weight is 357 g/mol. The molecule has 7 heteroatoms. The van der Waals surface area contributed by atoms with Gasteiger partial charge in [-0.15, -0.1) is 0 Å². The van der Waals surface area contributed by atoms with Gasteiger partial charge in [0, 0.05) is 0 Å². The predicted octanol–water partition coefficient (Wildman–Crippen LogP) is 1.66. The van der Waals surface area contributed by atoms with Gasteiger partial charge in [0.1, 0.15) is 0 Å². The number of esters is 1. The Morgan fingerprint density at radius 1 is 1.40 bits per heavy atom. The third-order valence-electron chi connectivity index (χ3n) is 2.25. The van der Waals surface area contributed by atoms with Crippen LogP contribution in [0.4, 0.5) is 5.82 Å². The third-order valence-corrected chi connectivity index (χ3v) is 4.21. The number of hydrogen-bond acceptors (Lipinski definition) is 5. The number of anilines is 1. The van der Waals surface area contributed by atoms with Gasteiger partial charge >= 0.3 is 128 Å². The van der Waals surface area contributed by atoms with E-state index in [0.29, 0.717) is 27.6 Å². The van der Waals surface area contributed by atoms with Crippen molar-refractivity contribution in [3.8, 4) is 0 Å². The molecule has 0 saturated heterocycles. The molecule has 2 heterocycles. The average Bonchev–Trinajstić information content (AvgIpc) is 2.47. The van der Waals surface area contributed by atoms with Crippen molar-refractivity contribution in [2.75, 3.05) is 10.9 Å². The van der Waals surface area contributed by atoms with E-state index < -0.39 is 0 Å². The quantitative estimate of drug-likeness (QED) is 0.652. The van der Waals surface area contributed by atoms with Gasteiger partial charge in [0.2, 0.25) is 0 Å². The van der Waals surface area contributed by atoms with E-state index in [1.54, 1.807) is 43.6 Å². The molecule has 0 atom stereocenters. The second-order valence-corrected chi connectivity index (χ2v) is 5.75. The van der Waals surface area contributed by atoms with E-state index in [1.807, 2.05) is 0 Å². The summed E-state index contributed by atoms with van der Waals surface area (Å²) in [5, 5.41) is 0.577. The minimum absolute atomic E-state index is 0.232. The number of halogens is 1. The maximum atomic E-state index is 11.8. The van der Waals surface area contributed by atoms with Gasteiger partial charge in [-0.1, -0.05) is 0 Å². The first-order valence-electron chi connectivity index (χ1n) is 5.87. The summed E-state index contributed by atoms with van der Waals surface area (Å²) in [7, 11) is 0. The molecule has 1 N–H and O–H groups in total. The number of carbonyl (C=O) groups is 1.